The summed E-state index contributed by atoms with van der Waals surface area (Å²) in [5, 5.41) is 0.743. The largest absolute Gasteiger partial charge is 0.377 e. The molecule has 0 unspecified atom stereocenters. The van der Waals surface area contributed by atoms with Crippen LogP contribution in [0.1, 0.15) is 0 Å². The molecule has 0 saturated carbocycles. The Morgan fingerprint density at radius 2 is 1.14 bits per heavy atom. The van der Waals surface area contributed by atoms with Crippen LogP contribution < -0.4 is 4.90 Å². The lowest BCUT2D eigenvalue weighted by Gasteiger charge is -2.25. The molecule has 0 aromatic heterocycles. The fourth-order valence-electron chi connectivity index (χ4n) is 2.17. The van der Waals surface area contributed by atoms with Crippen LogP contribution in [0.2, 0.25) is 5.02 Å². The Morgan fingerprint density at radius 1 is 0.682 bits per heavy atom. The fraction of sp³-hybridized carbons (Fsp3) is 0.625. The second-order valence-electron chi connectivity index (χ2n) is 4.89. The lowest BCUT2D eigenvalue weighted by molar-refractivity contribution is 0.00206. The average molecular weight is 330 g/mol. The molecule has 1 aliphatic rings. The first-order chi connectivity index (χ1) is 10.9. The molecule has 5 nitrogen and oxygen atoms in total. The second-order valence-corrected chi connectivity index (χ2v) is 5.30. The minimum absolute atomic E-state index is 0.589. The third-order valence-corrected chi connectivity index (χ3v) is 3.64. The maximum Gasteiger partial charge on any atom is 0.0701 e. The summed E-state index contributed by atoms with van der Waals surface area (Å²) < 4.78 is 22.0. The second kappa shape index (κ2) is 10.8. The summed E-state index contributed by atoms with van der Waals surface area (Å²) in [6, 6.07) is 7.83. The van der Waals surface area contributed by atoms with Gasteiger partial charge >= 0.3 is 0 Å². The van der Waals surface area contributed by atoms with Gasteiger partial charge in [-0.25, -0.2) is 0 Å². The Labute approximate surface area is 137 Å². The number of halogens is 1. The van der Waals surface area contributed by atoms with Crippen molar-refractivity contribution in [2.75, 3.05) is 70.8 Å². The van der Waals surface area contributed by atoms with E-state index in [2.05, 4.69) is 4.90 Å². The third-order valence-electron chi connectivity index (χ3n) is 3.32. The summed E-state index contributed by atoms with van der Waals surface area (Å²) in [7, 11) is 0. The molecule has 0 N–H and O–H groups in total. The van der Waals surface area contributed by atoms with E-state index in [9.17, 15) is 0 Å². The van der Waals surface area contributed by atoms with Crippen LogP contribution in [0.4, 0.5) is 5.69 Å². The molecule has 1 heterocycles. The number of anilines is 1. The molecule has 1 saturated heterocycles. The lowest BCUT2D eigenvalue weighted by Crippen LogP contribution is -2.31. The Balaban J connectivity index is 1.89. The number of para-hydroxylation sites is 1. The predicted octanol–water partition coefficient (Wildman–Crippen LogP) is 2.23. The molecule has 124 valence electrons. The van der Waals surface area contributed by atoms with E-state index < -0.39 is 0 Å². The Bertz CT molecular complexity index is 403. The van der Waals surface area contributed by atoms with Gasteiger partial charge in [-0.1, -0.05) is 23.7 Å². The zero-order chi connectivity index (χ0) is 15.5. The van der Waals surface area contributed by atoms with Gasteiger partial charge < -0.3 is 23.8 Å². The first-order valence-corrected chi connectivity index (χ1v) is 8.06. The highest BCUT2D eigenvalue weighted by Crippen LogP contribution is 2.24. The van der Waals surface area contributed by atoms with E-state index in [1.165, 1.54) is 0 Å². The molecule has 0 radical (unpaired) electrons. The van der Waals surface area contributed by atoms with Gasteiger partial charge in [-0.3, -0.25) is 0 Å². The van der Waals surface area contributed by atoms with Gasteiger partial charge in [-0.05, 0) is 12.1 Å². The van der Waals surface area contributed by atoms with E-state index in [0.29, 0.717) is 52.9 Å². The minimum Gasteiger partial charge on any atom is -0.377 e. The van der Waals surface area contributed by atoms with Crippen molar-refractivity contribution in [2.45, 2.75) is 0 Å². The van der Waals surface area contributed by atoms with Crippen molar-refractivity contribution in [3.05, 3.63) is 29.3 Å². The standard InChI is InChI=1S/C16H24ClNO4/c17-15-3-1-2-4-16(15)18-5-7-19-9-11-21-13-14-22-12-10-20-8-6-18/h1-4H,5-14H2. The van der Waals surface area contributed by atoms with Gasteiger partial charge in [0.05, 0.1) is 63.6 Å². The van der Waals surface area contributed by atoms with Gasteiger partial charge in [0.1, 0.15) is 0 Å². The smallest absolute Gasteiger partial charge is 0.0701 e. The van der Waals surface area contributed by atoms with Crippen molar-refractivity contribution in [2.24, 2.45) is 0 Å². The highest BCUT2D eigenvalue weighted by Gasteiger charge is 2.10. The van der Waals surface area contributed by atoms with Crippen LogP contribution >= 0.6 is 11.6 Å². The van der Waals surface area contributed by atoms with Crippen molar-refractivity contribution in [3.63, 3.8) is 0 Å². The fourth-order valence-corrected chi connectivity index (χ4v) is 2.43. The molecule has 0 amide bonds. The van der Waals surface area contributed by atoms with Crippen LogP contribution in [-0.2, 0) is 18.9 Å². The summed E-state index contributed by atoms with van der Waals surface area (Å²) in [6.45, 7) is 6.34. The third kappa shape index (κ3) is 6.50. The van der Waals surface area contributed by atoms with Crippen LogP contribution in [0.15, 0.2) is 24.3 Å². The van der Waals surface area contributed by atoms with E-state index in [4.69, 9.17) is 30.5 Å². The van der Waals surface area contributed by atoms with Crippen LogP contribution in [0.5, 0.6) is 0 Å². The molecule has 2 rings (SSSR count). The Hall–Kier alpha value is -0.850. The van der Waals surface area contributed by atoms with E-state index in [0.717, 1.165) is 23.8 Å². The maximum atomic E-state index is 6.29. The number of benzene rings is 1. The average Bonchev–Trinajstić information content (AvgIpc) is 2.54. The molecule has 1 aliphatic heterocycles. The molecule has 1 aromatic rings. The van der Waals surface area contributed by atoms with Gasteiger partial charge in [0.25, 0.3) is 0 Å². The summed E-state index contributed by atoms with van der Waals surface area (Å²) in [6.07, 6.45) is 0. The van der Waals surface area contributed by atoms with Crippen molar-refractivity contribution in [3.8, 4) is 0 Å². The van der Waals surface area contributed by atoms with Crippen LogP contribution in [0.3, 0.4) is 0 Å². The topological polar surface area (TPSA) is 40.2 Å². The van der Waals surface area contributed by atoms with Gasteiger partial charge in [-0.15, -0.1) is 0 Å². The number of nitrogens with zero attached hydrogens (tertiary/aromatic N) is 1. The van der Waals surface area contributed by atoms with E-state index in [-0.39, 0.29) is 0 Å². The summed E-state index contributed by atoms with van der Waals surface area (Å²) in [5.74, 6) is 0. The molecular formula is C16H24ClNO4. The zero-order valence-corrected chi connectivity index (χ0v) is 13.6. The van der Waals surface area contributed by atoms with Gasteiger partial charge in [0.15, 0.2) is 0 Å². The Kier molecular flexibility index (Phi) is 8.60. The van der Waals surface area contributed by atoms with E-state index >= 15 is 0 Å². The van der Waals surface area contributed by atoms with Crippen LogP contribution in [0, 0.1) is 0 Å². The van der Waals surface area contributed by atoms with E-state index in [1.807, 2.05) is 24.3 Å². The summed E-state index contributed by atoms with van der Waals surface area (Å²) in [5.41, 5.74) is 1.01. The molecule has 0 bridgehead atoms. The molecule has 22 heavy (non-hydrogen) atoms. The number of hydrogen-bond donors (Lipinski definition) is 0. The highest BCUT2D eigenvalue weighted by molar-refractivity contribution is 6.33. The molecule has 0 aliphatic carbocycles. The quantitative estimate of drug-likeness (QED) is 0.790. The number of ether oxygens (including phenoxy) is 4. The van der Waals surface area contributed by atoms with Crippen molar-refractivity contribution in [1.29, 1.82) is 0 Å². The predicted molar refractivity (Wildman–Crippen MR) is 86.9 cm³/mol. The summed E-state index contributed by atoms with van der Waals surface area (Å²) in [4.78, 5) is 2.18. The van der Waals surface area contributed by atoms with Crippen molar-refractivity contribution < 1.29 is 18.9 Å². The Morgan fingerprint density at radius 3 is 1.64 bits per heavy atom. The first kappa shape index (κ1) is 17.5. The minimum atomic E-state index is 0.589. The highest BCUT2D eigenvalue weighted by atomic mass is 35.5. The maximum absolute atomic E-state index is 6.29. The zero-order valence-electron chi connectivity index (χ0n) is 12.8. The van der Waals surface area contributed by atoms with Gasteiger partial charge in [0, 0.05) is 13.1 Å². The molecule has 6 heteroatoms. The molecule has 1 fully saturated rings. The lowest BCUT2D eigenvalue weighted by atomic mass is 10.3. The molecule has 0 spiro atoms. The number of hydrogen-bond acceptors (Lipinski definition) is 5. The number of rotatable bonds is 1. The SMILES string of the molecule is Clc1ccccc1N1CCOCCOCCOCCOCC1. The molecular weight excluding hydrogens is 306 g/mol. The molecule has 0 atom stereocenters. The van der Waals surface area contributed by atoms with Crippen LogP contribution in [-0.4, -0.2) is 65.9 Å². The van der Waals surface area contributed by atoms with Crippen molar-refractivity contribution >= 4 is 17.3 Å². The van der Waals surface area contributed by atoms with Crippen LogP contribution in [0.25, 0.3) is 0 Å². The first-order valence-electron chi connectivity index (χ1n) is 7.68. The monoisotopic (exact) mass is 329 g/mol. The van der Waals surface area contributed by atoms with Crippen molar-refractivity contribution in [1.82, 2.24) is 0 Å². The van der Waals surface area contributed by atoms with Gasteiger partial charge in [-0.2, -0.15) is 0 Å². The normalized spacial score (nSPS) is 20.1. The van der Waals surface area contributed by atoms with E-state index in [1.54, 1.807) is 0 Å². The molecule has 1 aromatic carbocycles. The summed E-state index contributed by atoms with van der Waals surface area (Å²) >= 11 is 6.29. The van der Waals surface area contributed by atoms with Gasteiger partial charge in [0.2, 0.25) is 0 Å².